The van der Waals surface area contributed by atoms with Gasteiger partial charge in [0.25, 0.3) is 0 Å². The van der Waals surface area contributed by atoms with Gasteiger partial charge >= 0.3 is 5.97 Å². The average molecular weight is 477 g/mol. The van der Waals surface area contributed by atoms with E-state index in [2.05, 4.69) is 6.58 Å². The van der Waals surface area contributed by atoms with Crippen LogP contribution in [-0.2, 0) is 25.5 Å². The van der Waals surface area contributed by atoms with Gasteiger partial charge in [0.05, 0.1) is 12.2 Å². The van der Waals surface area contributed by atoms with E-state index in [9.17, 15) is 19.5 Å². The van der Waals surface area contributed by atoms with Crippen molar-refractivity contribution in [3.8, 4) is 0 Å². The maximum absolute atomic E-state index is 13.3. The second-order valence-corrected chi connectivity index (χ2v) is 9.63. The predicted molar refractivity (Wildman–Crippen MR) is 137 cm³/mol. The van der Waals surface area contributed by atoms with E-state index in [0.717, 1.165) is 42.4 Å². The molecule has 0 aliphatic heterocycles. The monoisotopic (exact) mass is 476 g/mol. The molecule has 0 saturated heterocycles. The van der Waals surface area contributed by atoms with E-state index in [0.29, 0.717) is 12.8 Å². The molecule has 0 radical (unpaired) electrons. The van der Waals surface area contributed by atoms with Crippen molar-refractivity contribution < 1.29 is 24.2 Å². The molecule has 2 atom stereocenters. The fraction of sp³-hybridized carbons (Fsp3) is 0.433. The zero-order valence-corrected chi connectivity index (χ0v) is 21.1. The normalized spacial score (nSPS) is 20.7. The third kappa shape index (κ3) is 6.08. The number of unbranched alkanes of at least 4 members (excludes halogenated alkanes) is 2. The van der Waals surface area contributed by atoms with Crippen molar-refractivity contribution in [2.24, 2.45) is 11.8 Å². The van der Waals surface area contributed by atoms with Crippen molar-refractivity contribution in [3.63, 3.8) is 0 Å². The molecule has 186 valence electrons. The summed E-state index contributed by atoms with van der Waals surface area (Å²) in [5.74, 6) is -3.19. The molecule has 0 fully saturated rings. The predicted octanol–water partition coefficient (Wildman–Crippen LogP) is 6.16. The number of ketones is 2. The Morgan fingerprint density at radius 1 is 1.11 bits per heavy atom. The number of esters is 1. The summed E-state index contributed by atoms with van der Waals surface area (Å²) >= 11 is 0. The van der Waals surface area contributed by atoms with Crippen LogP contribution in [0.4, 0.5) is 0 Å². The van der Waals surface area contributed by atoms with Crippen LogP contribution in [0.1, 0.15) is 64.9 Å². The van der Waals surface area contributed by atoms with E-state index < -0.39 is 29.2 Å². The SMILES string of the molecule is C=C(C)C1CCC(C)=C[C@H]1C1=C(O)C(C(=O)OCCc2ccccc2)=C(CCCCC)C(=O)C1=O. The molecule has 35 heavy (non-hydrogen) atoms. The Balaban J connectivity index is 2.00. The van der Waals surface area contributed by atoms with Gasteiger partial charge in [0.15, 0.2) is 0 Å². The Morgan fingerprint density at radius 3 is 2.49 bits per heavy atom. The first kappa shape index (κ1) is 26.4. The van der Waals surface area contributed by atoms with Gasteiger partial charge in [-0.3, -0.25) is 9.59 Å². The van der Waals surface area contributed by atoms with E-state index >= 15 is 0 Å². The molecule has 5 heteroatoms. The smallest absolute Gasteiger partial charge is 0.342 e. The molecule has 1 aromatic carbocycles. The van der Waals surface area contributed by atoms with Crippen LogP contribution < -0.4 is 0 Å². The fourth-order valence-electron chi connectivity index (χ4n) is 4.96. The minimum Gasteiger partial charge on any atom is -0.507 e. The minimum atomic E-state index is -0.758. The Bertz CT molecular complexity index is 1090. The Morgan fingerprint density at radius 2 is 1.83 bits per heavy atom. The standard InChI is InChI=1S/C30H36O5/c1-5-6-8-13-23-26(30(34)35-17-16-21-11-9-7-10-12-21)28(32)25(29(33)27(23)31)24-18-20(4)14-15-22(24)19(2)3/h7,9-12,18,22,24,32H,2,5-6,8,13-17H2,1,3-4H3/t22?,24-/m1/s1. The van der Waals surface area contributed by atoms with Gasteiger partial charge in [-0.25, -0.2) is 4.79 Å². The van der Waals surface area contributed by atoms with Crippen LogP contribution in [0.2, 0.25) is 0 Å². The average Bonchev–Trinajstić information content (AvgIpc) is 2.83. The first-order valence-corrected chi connectivity index (χ1v) is 12.6. The van der Waals surface area contributed by atoms with Crippen LogP contribution in [0.25, 0.3) is 0 Å². The number of allylic oxidation sites excluding steroid dienone is 5. The summed E-state index contributed by atoms with van der Waals surface area (Å²) in [5, 5.41) is 11.4. The maximum Gasteiger partial charge on any atom is 0.342 e. The van der Waals surface area contributed by atoms with Gasteiger partial charge in [-0.2, -0.15) is 0 Å². The van der Waals surface area contributed by atoms with Crippen LogP contribution in [0, 0.1) is 11.8 Å². The number of carbonyl (C=O) groups excluding carboxylic acids is 3. The summed E-state index contributed by atoms with van der Waals surface area (Å²) in [6.45, 7) is 10.1. The lowest BCUT2D eigenvalue weighted by Crippen LogP contribution is -2.35. The van der Waals surface area contributed by atoms with Gasteiger partial charge in [-0.1, -0.05) is 73.9 Å². The maximum atomic E-state index is 13.3. The van der Waals surface area contributed by atoms with E-state index in [1.165, 1.54) is 0 Å². The molecule has 0 bridgehead atoms. The highest BCUT2D eigenvalue weighted by molar-refractivity contribution is 6.51. The number of carbonyl (C=O) groups is 3. The highest BCUT2D eigenvalue weighted by Crippen LogP contribution is 2.42. The molecule has 1 N–H and O–H groups in total. The minimum absolute atomic E-state index is 0.00343. The molecular weight excluding hydrogens is 440 g/mol. The van der Waals surface area contributed by atoms with Crippen molar-refractivity contribution in [2.75, 3.05) is 6.61 Å². The van der Waals surface area contributed by atoms with Crippen LogP contribution >= 0.6 is 0 Å². The largest absolute Gasteiger partial charge is 0.507 e. The highest BCUT2D eigenvalue weighted by Gasteiger charge is 2.43. The number of hydrogen-bond donors (Lipinski definition) is 1. The van der Waals surface area contributed by atoms with Crippen molar-refractivity contribution in [3.05, 3.63) is 82.2 Å². The molecule has 0 amide bonds. The molecule has 0 aromatic heterocycles. The zero-order valence-electron chi connectivity index (χ0n) is 21.1. The van der Waals surface area contributed by atoms with E-state index in [-0.39, 0.29) is 35.7 Å². The Labute approximate surface area is 208 Å². The topological polar surface area (TPSA) is 80.7 Å². The van der Waals surface area contributed by atoms with Crippen molar-refractivity contribution in [1.29, 1.82) is 0 Å². The van der Waals surface area contributed by atoms with Gasteiger partial charge in [-0.05, 0) is 51.0 Å². The van der Waals surface area contributed by atoms with E-state index in [1.54, 1.807) is 0 Å². The van der Waals surface area contributed by atoms with Crippen LogP contribution in [0.5, 0.6) is 0 Å². The molecule has 2 aliphatic carbocycles. The summed E-state index contributed by atoms with van der Waals surface area (Å²) in [6, 6.07) is 9.62. The third-order valence-electron chi connectivity index (χ3n) is 6.93. The number of aliphatic hydroxyl groups is 1. The number of ether oxygens (including phenoxy) is 1. The molecule has 0 heterocycles. The van der Waals surface area contributed by atoms with Gasteiger partial charge in [-0.15, -0.1) is 0 Å². The third-order valence-corrected chi connectivity index (χ3v) is 6.93. The van der Waals surface area contributed by atoms with Gasteiger partial charge < -0.3 is 9.84 Å². The lowest BCUT2D eigenvalue weighted by atomic mass is 9.70. The number of Topliss-reactive ketones (excluding diaryl/α,β-unsaturated/α-hetero) is 2. The quantitative estimate of drug-likeness (QED) is 0.144. The molecular formula is C30H36O5. The number of benzene rings is 1. The Hall–Kier alpha value is -3.21. The second-order valence-electron chi connectivity index (χ2n) is 9.63. The number of rotatable bonds is 10. The molecule has 2 aliphatic rings. The van der Waals surface area contributed by atoms with Crippen LogP contribution in [0.3, 0.4) is 0 Å². The molecule has 1 unspecified atom stereocenters. The van der Waals surface area contributed by atoms with E-state index in [1.807, 2.05) is 57.2 Å². The number of aliphatic hydroxyl groups excluding tert-OH is 1. The molecule has 5 nitrogen and oxygen atoms in total. The van der Waals surface area contributed by atoms with Crippen molar-refractivity contribution >= 4 is 17.5 Å². The van der Waals surface area contributed by atoms with Crippen LogP contribution in [-0.4, -0.2) is 29.2 Å². The second kappa shape index (κ2) is 12.0. The van der Waals surface area contributed by atoms with E-state index in [4.69, 9.17) is 4.74 Å². The molecule has 0 spiro atoms. The van der Waals surface area contributed by atoms with Crippen molar-refractivity contribution in [2.45, 2.75) is 65.7 Å². The first-order valence-electron chi connectivity index (χ1n) is 12.6. The fourth-order valence-corrected chi connectivity index (χ4v) is 4.96. The van der Waals surface area contributed by atoms with Crippen molar-refractivity contribution in [1.82, 2.24) is 0 Å². The summed E-state index contributed by atoms with van der Waals surface area (Å²) < 4.78 is 5.52. The first-order chi connectivity index (χ1) is 16.8. The lowest BCUT2D eigenvalue weighted by molar-refractivity contribution is -0.139. The summed E-state index contributed by atoms with van der Waals surface area (Å²) in [7, 11) is 0. The lowest BCUT2D eigenvalue weighted by Gasteiger charge is -2.33. The summed E-state index contributed by atoms with van der Waals surface area (Å²) in [6.07, 6.45) is 6.73. The zero-order chi connectivity index (χ0) is 25.5. The molecule has 3 rings (SSSR count). The summed E-state index contributed by atoms with van der Waals surface area (Å²) in [4.78, 5) is 39.8. The number of hydrogen-bond acceptors (Lipinski definition) is 5. The van der Waals surface area contributed by atoms with Gasteiger partial charge in [0, 0.05) is 17.9 Å². The van der Waals surface area contributed by atoms with Gasteiger partial charge in [0.2, 0.25) is 11.6 Å². The molecule has 1 aromatic rings. The van der Waals surface area contributed by atoms with Crippen LogP contribution in [0.15, 0.2) is 76.6 Å². The van der Waals surface area contributed by atoms with Gasteiger partial charge in [0.1, 0.15) is 11.3 Å². The Kier molecular flexibility index (Phi) is 9.02. The molecule has 0 saturated carbocycles. The summed E-state index contributed by atoms with van der Waals surface area (Å²) in [5.41, 5.74) is 2.89. The highest BCUT2D eigenvalue weighted by atomic mass is 16.5.